The Morgan fingerprint density at radius 2 is 1.69 bits per heavy atom. The zero-order valence-electron chi connectivity index (χ0n) is 15.4. The highest BCUT2D eigenvalue weighted by Crippen LogP contribution is 2.23. The van der Waals surface area contributed by atoms with Gasteiger partial charge in [0.1, 0.15) is 5.75 Å². The minimum atomic E-state index is -0.546. The first kappa shape index (κ1) is 20.6. The van der Waals surface area contributed by atoms with Gasteiger partial charge in [-0.1, -0.05) is 41.4 Å². The smallest absolute Gasteiger partial charge is 0.343 e. The Morgan fingerprint density at radius 3 is 2.38 bits per heavy atom. The summed E-state index contributed by atoms with van der Waals surface area (Å²) in [7, 11) is 0. The van der Waals surface area contributed by atoms with E-state index in [0.717, 1.165) is 11.1 Å². The number of halogens is 2. The van der Waals surface area contributed by atoms with Gasteiger partial charge in [0.15, 0.2) is 0 Å². The molecule has 0 unspecified atom stereocenters. The fraction of sp³-hybridized carbons (Fsp3) is 0.0455. The van der Waals surface area contributed by atoms with Gasteiger partial charge in [0.2, 0.25) is 0 Å². The number of rotatable bonds is 5. The van der Waals surface area contributed by atoms with Crippen LogP contribution in [0.1, 0.15) is 31.8 Å². The number of carbonyl (C=O) groups is 2. The molecule has 1 amide bonds. The van der Waals surface area contributed by atoms with Crippen LogP contribution in [0.4, 0.5) is 0 Å². The van der Waals surface area contributed by atoms with Gasteiger partial charge in [-0.05, 0) is 66.6 Å². The topological polar surface area (TPSA) is 67.8 Å². The average molecular weight is 427 g/mol. The summed E-state index contributed by atoms with van der Waals surface area (Å²) in [5.41, 5.74) is 4.94. The Balaban J connectivity index is 1.59. The van der Waals surface area contributed by atoms with E-state index >= 15 is 0 Å². The third-order valence-electron chi connectivity index (χ3n) is 4.02. The van der Waals surface area contributed by atoms with Gasteiger partial charge in [-0.15, -0.1) is 0 Å². The normalized spacial score (nSPS) is 10.7. The standard InChI is InChI=1S/C22H16Cl2N2O3/c1-14-4-2-3-5-18(14)21(27)26-25-13-15-6-9-17(10-7-15)29-22(28)16-8-11-19(23)20(24)12-16/h2-13H,1H3,(H,26,27). The van der Waals surface area contributed by atoms with Crippen molar-refractivity contribution in [2.75, 3.05) is 0 Å². The summed E-state index contributed by atoms with van der Waals surface area (Å²) < 4.78 is 5.31. The number of nitrogens with zero attached hydrogens (tertiary/aromatic N) is 1. The summed E-state index contributed by atoms with van der Waals surface area (Å²) in [5.74, 6) is -0.468. The SMILES string of the molecule is Cc1ccccc1C(=O)NN=Cc1ccc(OC(=O)c2ccc(Cl)c(Cl)c2)cc1. The summed E-state index contributed by atoms with van der Waals surface area (Å²) in [5, 5.41) is 4.60. The number of nitrogens with one attached hydrogen (secondary N) is 1. The van der Waals surface area contributed by atoms with E-state index in [0.29, 0.717) is 21.9 Å². The molecule has 0 aliphatic carbocycles. The summed E-state index contributed by atoms with van der Waals surface area (Å²) >= 11 is 11.8. The maximum Gasteiger partial charge on any atom is 0.343 e. The second kappa shape index (κ2) is 9.37. The average Bonchev–Trinajstić information content (AvgIpc) is 2.71. The Morgan fingerprint density at radius 1 is 0.966 bits per heavy atom. The molecule has 0 saturated heterocycles. The van der Waals surface area contributed by atoms with Crippen LogP contribution in [-0.2, 0) is 0 Å². The van der Waals surface area contributed by atoms with Gasteiger partial charge in [0.05, 0.1) is 21.8 Å². The van der Waals surface area contributed by atoms with Crippen LogP contribution in [0.25, 0.3) is 0 Å². The van der Waals surface area contributed by atoms with Crippen LogP contribution in [-0.4, -0.2) is 18.1 Å². The van der Waals surface area contributed by atoms with E-state index in [9.17, 15) is 9.59 Å². The Labute approximate surface area is 177 Å². The fourth-order valence-electron chi connectivity index (χ4n) is 2.46. The molecule has 0 fully saturated rings. The molecule has 3 rings (SSSR count). The molecule has 29 heavy (non-hydrogen) atoms. The van der Waals surface area contributed by atoms with Crippen LogP contribution in [0.3, 0.4) is 0 Å². The van der Waals surface area contributed by atoms with Gasteiger partial charge in [-0.3, -0.25) is 4.79 Å². The molecule has 5 nitrogen and oxygen atoms in total. The van der Waals surface area contributed by atoms with E-state index < -0.39 is 5.97 Å². The molecule has 0 atom stereocenters. The van der Waals surface area contributed by atoms with Crippen molar-refractivity contribution in [3.05, 3.63) is 99.0 Å². The Bertz CT molecular complexity index is 1080. The molecule has 146 valence electrons. The summed E-state index contributed by atoms with van der Waals surface area (Å²) in [6, 6.07) is 18.4. The van der Waals surface area contributed by atoms with Crippen molar-refractivity contribution >= 4 is 41.3 Å². The quantitative estimate of drug-likeness (QED) is 0.261. The molecule has 3 aromatic carbocycles. The zero-order valence-corrected chi connectivity index (χ0v) is 16.9. The van der Waals surface area contributed by atoms with Crippen LogP contribution in [0, 0.1) is 6.92 Å². The summed E-state index contributed by atoms with van der Waals surface area (Å²) in [6.07, 6.45) is 1.50. The largest absolute Gasteiger partial charge is 0.423 e. The second-order valence-electron chi connectivity index (χ2n) is 6.10. The first-order valence-electron chi connectivity index (χ1n) is 8.60. The molecule has 3 aromatic rings. The van der Waals surface area contributed by atoms with E-state index in [1.165, 1.54) is 24.4 Å². The van der Waals surface area contributed by atoms with E-state index in [2.05, 4.69) is 10.5 Å². The van der Waals surface area contributed by atoms with Crippen LogP contribution in [0.2, 0.25) is 10.0 Å². The predicted molar refractivity (Wildman–Crippen MR) is 114 cm³/mol. The van der Waals surface area contributed by atoms with Gasteiger partial charge in [0.25, 0.3) is 5.91 Å². The fourth-order valence-corrected chi connectivity index (χ4v) is 2.76. The van der Waals surface area contributed by atoms with E-state index in [4.69, 9.17) is 27.9 Å². The van der Waals surface area contributed by atoms with Crippen molar-refractivity contribution in [1.82, 2.24) is 5.43 Å². The minimum absolute atomic E-state index is 0.278. The number of carbonyl (C=O) groups excluding carboxylic acids is 2. The van der Waals surface area contributed by atoms with Gasteiger partial charge >= 0.3 is 5.97 Å². The van der Waals surface area contributed by atoms with Crippen molar-refractivity contribution in [3.63, 3.8) is 0 Å². The van der Waals surface area contributed by atoms with Crippen molar-refractivity contribution in [2.24, 2.45) is 5.10 Å². The lowest BCUT2D eigenvalue weighted by Gasteiger charge is -2.06. The van der Waals surface area contributed by atoms with Crippen LogP contribution >= 0.6 is 23.2 Å². The molecular formula is C22H16Cl2N2O3. The maximum atomic E-state index is 12.2. The molecule has 7 heteroatoms. The molecule has 1 N–H and O–H groups in total. The van der Waals surface area contributed by atoms with Crippen molar-refractivity contribution in [1.29, 1.82) is 0 Å². The van der Waals surface area contributed by atoms with Gasteiger partial charge < -0.3 is 4.74 Å². The van der Waals surface area contributed by atoms with Gasteiger partial charge in [-0.25, -0.2) is 10.2 Å². The molecule has 0 bridgehead atoms. The second-order valence-corrected chi connectivity index (χ2v) is 6.92. The lowest BCUT2D eigenvalue weighted by molar-refractivity contribution is 0.0734. The predicted octanol–water partition coefficient (Wildman–Crippen LogP) is 5.28. The number of amides is 1. The minimum Gasteiger partial charge on any atom is -0.423 e. The van der Waals surface area contributed by atoms with Crippen LogP contribution in [0.15, 0.2) is 71.8 Å². The Kier molecular flexibility index (Phi) is 6.65. The highest BCUT2D eigenvalue weighted by atomic mass is 35.5. The maximum absolute atomic E-state index is 12.2. The third-order valence-corrected chi connectivity index (χ3v) is 4.75. The molecule has 0 saturated carbocycles. The Hall–Kier alpha value is -3.15. The molecule has 0 spiro atoms. The summed E-state index contributed by atoms with van der Waals surface area (Å²) in [4.78, 5) is 24.3. The molecular weight excluding hydrogens is 411 g/mol. The number of ether oxygens (including phenoxy) is 1. The van der Waals surface area contributed by atoms with E-state index in [1.54, 1.807) is 36.4 Å². The highest BCUT2D eigenvalue weighted by molar-refractivity contribution is 6.42. The number of hydrogen-bond donors (Lipinski definition) is 1. The van der Waals surface area contributed by atoms with Crippen molar-refractivity contribution in [3.8, 4) is 5.75 Å². The number of hydrazone groups is 1. The third kappa shape index (κ3) is 5.44. The van der Waals surface area contributed by atoms with Crippen LogP contribution in [0.5, 0.6) is 5.75 Å². The lowest BCUT2D eigenvalue weighted by Crippen LogP contribution is -2.18. The zero-order chi connectivity index (χ0) is 20.8. The molecule has 0 radical (unpaired) electrons. The number of hydrogen-bond acceptors (Lipinski definition) is 4. The lowest BCUT2D eigenvalue weighted by atomic mass is 10.1. The number of esters is 1. The molecule has 0 aliphatic rings. The van der Waals surface area contributed by atoms with E-state index in [-0.39, 0.29) is 10.9 Å². The van der Waals surface area contributed by atoms with E-state index in [1.807, 2.05) is 19.1 Å². The van der Waals surface area contributed by atoms with Gasteiger partial charge in [0, 0.05) is 5.56 Å². The number of benzene rings is 3. The molecule has 0 aromatic heterocycles. The summed E-state index contributed by atoms with van der Waals surface area (Å²) in [6.45, 7) is 1.86. The highest BCUT2D eigenvalue weighted by Gasteiger charge is 2.11. The number of aryl methyl sites for hydroxylation is 1. The first-order valence-corrected chi connectivity index (χ1v) is 9.36. The van der Waals surface area contributed by atoms with Gasteiger partial charge in [-0.2, -0.15) is 5.10 Å². The molecule has 0 heterocycles. The first-order chi connectivity index (χ1) is 13.9. The molecule has 0 aliphatic heterocycles. The van der Waals surface area contributed by atoms with Crippen molar-refractivity contribution in [2.45, 2.75) is 6.92 Å². The van der Waals surface area contributed by atoms with Crippen molar-refractivity contribution < 1.29 is 14.3 Å². The van der Waals surface area contributed by atoms with Crippen LogP contribution < -0.4 is 10.2 Å². The monoisotopic (exact) mass is 426 g/mol.